The van der Waals surface area contributed by atoms with Crippen molar-refractivity contribution in [2.24, 2.45) is 0 Å². The van der Waals surface area contributed by atoms with Crippen LogP contribution in [0, 0.1) is 0 Å². The van der Waals surface area contributed by atoms with Gasteiger partial charge < -0.3 is 15.4 Å². The van der Waals surface area contributed by atoms with Crippen molar-refractivity contribution >= 4 is 34.0 Å². The first kappa shape index (κ1) is 23.0. The van der Waals surface area contributed by atoms with Crippen molar-refractivity contribution < 1.29 is 14.3 Å². The molecule has 0 saturated carbocycles. The maximum Gasteiger partial charge on any atom is 0.276 e. The third-order valence-corrected chi connectivity index (χ3v) is 5.07. The van der Waals surface area contributed by atoms with Gasteiger partial charge in [-0.2, -0.15) is 5.10 Å². The first-order chi connectivity index (χ1) is 15.4. The Hall–Kier alpha value is -3.68. The number of nitrogens with zero attached hydrogens (tertiary/aromatic N) is 2. The van der Waals surface area contributed by atoms with E-state index in [4.69, 9.17) is 4.74 Å². The normalized spacial score (nSPS) is 10.7. The number of carbonyl (C=O) groups is 2. The lowest BCUT2D eigenvalue weighted by atomic mass is 10.1. The molecule has 3 aromatic rings. The molecule has 3 rings (SSSR count). The van der Waals surface area contributed by atoms with Gasteiger partial charge in [0.2, 0.25) is 5.91 Å². The number of unbranched alkanes of at least 4 members (excludes halogenated alkanes) is 3. The Labute approximate surface area is 186 Å². The van der Waals surface area contributed by atoms with Gasteiger partial charge in [-0.3, -0.25) is 14.4 Å². The average molecular weight is 437 g/mol. The number of aryl methyl sites for hydroxylation is 1. The lowest BCUT2D eigenvalue weighted by molar-refractivity contribution is -0.114. The Morgan fingerprint density at radius 2 is 1.78 bits per heavy atom. The van der Waals surface area contributed by atoms with Crippen molar-refractivity contribution in [3.8, 4) is 5.75 Å². The molecule has 2 amide bonds. The maximum atomic E-state index is 13.1. The van der Waals surface area contributed by atoms with E-state index in [-0.39, 0.29) is 17.2 Å². The average Bonchev–Trinajstić information content (AvgIpc) is 2.78. The van der Waals surface area contributed by atoms with Crippen LogP contribution in [0.1, 0.15) is 50.0 Å². The second kappa shape index (κ2) is 10.6. The van der Waals surface area contributed by atoms with Crippen molar-refractivity contribution in [1.82, 2.24) is 9.78 Å². The molecule has 0 aliphatic carbocycles. The number of nitrogens with one attached hydrogen (secondary N) is 2. The fraction of sp³-hybridized carbons (Fsp3) is 0.333. The molecule has 0 atom stereocenters. The standard InChI is InChI=1S/C24H28N4O4/c1-4-5-6-9-14-28-24(31)19-11-8-7-10-18(19)22(27-28)23(30)26-17-12-13-21(32-3)20(15-17)25-16(2)29/h7-8,10-13,15H,4-6,9,14H2,1-3H3,(H,25,29)(H,26,30). The zero-order valence-corrected chi connectivity index (χ0v) is 18.6. The van der Waals surface area contributed by atoms with E-state index in [0.717, 1.165) is 25.7 Å². The Balaban J connectivity index is 1.94. The number of rotatable bonds is 9. The molecule has 2 aromatic carbocycles. The van der Waals surface area contributed by atoms with E-state index in [1.54, 1.807) is 42.5 Å². The molecule has 2 N–H and O–H groups in total. The van der Waals surface area contributed by atoms with Gasteiger partial charge in [0.05, 0.1) is 18.2 Å². The highest BCUT2D eigenvalue weighted by molar-refractivity contribution is 6.11. The maximum absolute atomic E-state index is 13.1. The van der Waals surface area contributed by atoms with Crippen LogP contribution in [0.3, 0.4) is 0 Å². The van der Waals surface area contributed by atoms with E-state index in [1.165, 1.54) is 18.7 Å². The summed E-state index contributed by atoms with van der Waals surface area (Å²) in [5, 5.41) is 10.8. The van der Waals surface area contributed by atoms with Crippen molar-refractivity contribution in [2.75, 3.05) is 17.7 Å². The molecule has 0 saturated heterocycles. The molecule has 168 valence electrons. The summed E-state index contributed by atoms with van der Waals surface area (Å²) in [7, 11) is 1.50. The van der Waals surface area contributed by atoms with Gasteiger partial charge in [-0.15, -0.1) is 0 Å². The highest BCUT2D eigenvalue weighted by Crippen LogP contribution is 2.28. The zero-order chi connectivity index (χ0) is 23.1. The van der Waals surface area contributed by atoms with Gasteiger partial charge in [-0.25, -0.2) is 4.68 Å². The zero-order valence-electron chi connectivity index (χ0n) is 18.6. The fourth-order valence-corrected chi connectivity index (χ4v) is 3.51. The number of carbonyl (C=O) groups excluding carboxylic acids is 2. The molecule has 1 aromatic heterocycles. The molecule has 0 radical (unpaired) electrons. The molecule has 8 nitrogen and oxygen atoms in total. The largest absolute Gasteiger partial charge is 0.495 e. The molecular weight excluding hydrogens is 408 g/mol. The predicted molar refractivity (Wildman–Crippen MR) is 125 cm³/mol. The quantitative estimate of drug-likeness (QED) is 0.490. The van der Waals surface area contributed by atoms with E-state index >= 15 is 0 Å². The van der Waals surface area contributed by atoms with Gasteiger partial charge >= 0.3 is 0 Å². The van der Waals surface area contributed by atoms with E-state index in [0.29, 0.717) is 34.4 Å². The molecule has 1 heterocycles. The minimum Gasteiger partial charge on any atom is -0.495 e. The Morgan fingerprint density at radius 1 is 1.03 bits per heavy atom. The lowest BCUT2D eigenvalue weighted by Gasteiger charge is -2.13. The Bertz CT molecular complexity index is 1190. The summed E-state index contributed by atoms with van der Waals surface area (Å²) in [5.74, 6) is -0.223. The van der Waals surface area contributed by atoms with E-state index in [1.807, 2.05) is 0 Å². The Kier molecular flexibility index (Phi) is 7.59. The summed E-state index contributed by atoms with van der Waals surface area (Å²) in [6.07, 6.45) is 4.00. The van der Waals surface area contributed by atoms with E-state index in [2.05, 4.69) is 22.7 Å². The SMILES string of the molecule is CCCCCCn1nc(C(=O)Nc2ccc(OC)c(NC(C)=O)c2)c2ccccc2c1=O. The molecule has 8 heteroatoms. The van der Waals surface area contributed by atoms with Gasteiger partial charge in [0.15, 0.2) is 5.69 Å². The minimum atomic E-state index is -0.442. The van der Waals surface area contributed by atoms with Gasteiger partial charge in [-0.05, 0) is 30.7 Å². The monoisotopic (exact) mass is 436 g/mol. The molecule has 0 bridgehead atoms. The number of anilines is 2. The number of ether oxygens (including phenoxy) is 1. The lowest BCUT2D eigenvalue weighted by Crippen LogP contribution is -2.27. The van der Waals surface area contributed by atoms with Crippen LogP contribution in [0.2, 0.25) is 0 Å². The molecule has 0 aliphatic heterocycles. The predicted octanol–water partition coefficient (Wildman–Crippen LogP) is 4.20. The Morgan fingerprint density at radius 3 is 2.47 bits per heavy atom. The molecular formula is C24H28N4O4. The summed E-state index contributed by atoms with van der Waals surface area (Å²) in [4.78, 5) is 37.5. The number of methoxy groups -OCH3 is 1. The van der Waals surface area contributed by atoms with Crippen molar-refractivity contribution in [1.29, 1.82) is 0 Å². The van der Waals surface area contributed by atoms with Gasteiger partial charge in [0, 0.05) is 24.5 Å². The van der Waals surface area contributed by atoms with Crippen LogP contribution in [0.15, 0.2) is 47.3 Å². The molecule has 0 unspecified atom stereocenters. The van der Waals surface area contributed by atoms with Crippen LogP contribution >= 0.6 is 0 Å². The van der Waals surface area contributed by atoms with Crippen LogP contribution < -0.4 is 20.9 Å². The second-order valence-electron chi connectivity index (χ2n) is 7.53. The molecule has 0 aliphatic rings. The number of aromatic nitrogens is 2. The van der Waals surface area contributed by atoms with Gasteiger partial charge in [0.1, 0.15) is 5.75 Å². The summed E-state index contributed by atoms with van der Waals surface area (Å²) >= 11 is 0. The number of amides is 2. The molecule has 32 heavy (non-hydrogen) atoms. The highest BCUT2D eigenvalue weighted by atomic mass is 16.5. The van der Waals surface area contributed by atoms with Crippen molar-refractivity contribution in [2.45, 2.75) is 46.1 Å². The number of hydrogen-bond acceptors (Lipinski definition) is 5. The smallest absolute Gasteiger partial charge is 0.276 e. The van der Waals surface area contributed by atoms with E-state index in [9.17, 15) is 14.4 Å². The minimum absolute atomic E-state index is 0.174. The summed E-state index contributed by atoms with van der Waals surface area (Å²) in [5.41, 5.74) is 0.876. The van der Waals surface area contributed by atoms with Crippen LogP contribution in [0.5, 0.6) is 5.75 Å². The third kappa shape index (κ3) is 5.32. The number of fused-ring (bicyclic) bond motifs is 1. The summed E-state index contributed by atoms with van der Waals surface area (Å²) in [6, 6.07) is 11.9. The first-order valence-electron chi connectivity index (χ1n) is 10.7. The van der Waals surface area contributed by atoms with Gasteiger partial charge in [-0.1, -0.05) is 44.4 Å². The first-order valence-corrected chi connectivity index (χ1v) is 10.7. The molecule has 0 fully saturated rings. The van der Waals surface area contributed by atoms with Crippen LogP contribution in [0.25, 0.3) is 10.8 Å². The van der Waals surface area contributed by atoms with Crippen LogP contribution in [-0.4, -0.2) is 28.7 Å². The third-order valence-electron chi connectivity index (χ3n) is 5.07. The number of hydrogen-bond donors (Lipinski definition) is 2. The number of benzene rings is 2. The van der Waals surface area contributed by atoms with Crippen LogP contribution in [-0.2, 0) is 11.3 Å². The summed E-state index contributed by atoms with van der Waals surface area (Å²) < 4.78 is 6.63. The topological polar surface area (TPSA) is 102 Å². The van der Waals surface area contributed by atoms with E-state index < -0.39 is 5.91 Å². The molecule has 0 spiro atoms. The fourth-order valence-electron chi connectivity index (χ4n) is 3.51. The highest BCUT2D eigenvalue weighted by Gasteiger charge is 2.17. The van der Waals surface area contributed by atoms with Crippen molar-refractivity contribution in [3.05, 3.63) is 58.5 Å². The van der Waals surface area contributed by atoms with Crippen LogP contribution in [0.4, 0.5) is 11.4 Å². The van der Waals surface area contributed by atoms with Gasteiger partial charge in [0.25, 0.3) is 11.5 Å². The summed E-state index contributed by atoms with van der Waals surface area (Å²) in [6.45, 7) is 3.98. The van der Waals surface area contributed by atoms with Crippen molar-refractivity contribution in [3.63, 3.8) is 0 Å². The second-order valence-corrected chi connectivity index (χ2v) is 7.53.